The maximum atomic E-state index is 12.9. The molecule has 1 N–H and O–H groups in total. The van der Waals surface area contributed by atoms with Gasteiger partial charge in [0.25, 0.3) is 6.29 Å². The highest BCUT2D eigenvalue weighted by Crippen LogP contribution is 2.18. The van der Waals surface area contributed by atoms with Crippen LogP contribution in [-0.4, -0.2) is 87.4 Å². The number of allylic oxidation sites excluding steroid dienone is 6. The van der Waals surface area contributed by atoms with Crippen molar-refractivity contribution >= 4 is 17.9 Å². The fourth-order valence-electron chi connectivity index (χ4n) is 9.26. The SMILES string of the molecule is CCCCCCC/C=C\C/C=C\C/C=C\CCCCCCCCC(=O)OC(COC(=O)CCCCCCCCCCCCCCCCCCCCCCCCCCCCCC)COC(OCC[N+](C)(C)C)C(=O)O. The van der Waals surface area contributed by atoms with Crippen LogP contribution in [0.1, 0.15) is 303 Å². The number of carbonyl (C=O) groups is 3. The number of rotatable bonds is 59. The van der Waals surface area contributed by atoms with Crippen molar-refractivity contribution in [2.75, 3.05) is 47.5 Å². The molecule has 9 heteroatoms. The molecule has 9 nitrogen and oxygen atoms in total. The summed E-state index contributed by atoms with van der Waals surface area (Å²) in [5, 5.41) is 9.71. The number of hydrogen-bond donors (Lipinski definition) is 1. The van der Waals surface area contributed by atoms with Crippen LogP contribution in [0.25, 0.3) is 0 Å². The number of aliphatic carboxylic acids is 1. The molecule has 0 saturated heterocycles. The number of hydrogen-bond acceptors (Lipinski definition) is 7. The molecule has 0 aliphatic heterocycles. The van der Waals surface area contributed by atoms with E-state index in [1.807, 2.05) is 21.1 Å². The standard InChI is InChI=1S/C65H121NO8/c1-6-8-10-12-14-16-18-20-22-24-26-28-29-30-31-32-33-34-36-37-39-41-43-45-47-49-51-53-55-62(67)72-59-61(60-73-65(64(69)70)71-58-57-66(3,4)5)74-63(68)56-54-52-50-48-46-44-42-40-38-35-27-25-23-21-19-17-15-13-11-9-7-2/h19,21,25,27,38,40,61,65H,6-18,20,22-24,26,28-37,39,41-60H2,1-5H3/p+1/b21-19-,27-25-,40-38-. The maximum absolute atomic E-state index is 12.9. The van der Waals surface area contributed by atoms with E-state index in [1.165, 1.54) is 212 Å². The number of ether oxygens (including phenoxy) is 4. The lowest BCUT2D eigenvalue weighted by molar-refractivity contribution is -0.870. The second-order valence-corrected chi connectivity index (χ2v) is 22.7. The number of carboxylic acids is 1. The Hall–Kier alpha value is -2.49. The van der Waals surface area contributed by atoms with Crippen molar-refractivity contribution in [1.29, 1.82) is 0 Å². The van der Waals surface area contributed by atoms with Gasteiger partial charge in [0.1, 0.15) is 13.2 Å². The number of carboxylic acid groups (broad SMARTS) is 1. The zero-order chi connectivity index (χ0) is 54.1. The third-order valence-electron chi connectivity index (χ3n) is 14.1. The number of carbonyl (C=O) groups excluding carboxylic acids is 2. The molecule has 2 unspecified atom stereocenters. The summed E-state index contributed by atoms with van der Waals surface area (Å²) in [6, 6.07) is 0. The molecule has 0 rings (SSSR count). The Bertz CT molecular complexity index is 1310. The highest BCUT2D eigenvalue weighted by molar-refractivity contribution is 5.71. The van der Waals surface area contributed by atoms with Crippen LogP contribution in [0, 0.1) is 0 Å². The van der Waals surface area contributed by atoms with Crippen molar-refractivity contribution in [1.82, 2.24) is 0 Å². The summed E-state index contributed by atoms with van der Waals surface area (Å²) in [5.74, 6) is -2.00. The van der Waals surface area contributed by atoms with Crippen LogP contribution in [0.4, 0.5) is 0 Å². The van der Waals surface area contributed by atoms with Gasteiger partial charge >= 0.3 is 17.9 Å². The summed E-state index contributed by atoms with van der Waals surface area (Å²) in [5.41, 5.74) is 0. The average molecular weight is 1050 g/mol. The van der Waals surface area contributed by atoms with Gasteiger partial charge in [-0.3, -0.25) is 9.59 Å². The number of unbranched alkanes of at least 4 members (excludes halogenated alkanes) is 38. The zero-order valence-corrected chi connectivity index (χ0v) is 49.5. The molecule has 0 aliphatic carbocycles. The number of likely N-dealkylation sites (N-methyl/N-ethyl adjacent to an activating group) is 1. The predicted octanol–water partition coefficient (Wildman–Crippen LogP) is 18.9. The van der Waals surface area contributed by atoms with E-state index in [1.54, 1.807) is 0 Å². The largest absolute Gasteiger partial charge is 0.477 e. The van der Waals surface area contributed by atoms with Gasteiger partial charge in [0, 0.05) is 12.8 Å². The van der Waals surface area contributed by atoms with E-state index in [9.17, 15) is 19.5 Å². The quantitative estimate of drug-likeness (QED) is 0.0211. The monoisotopic (exact) mass is 1040 g/mol. The lowest BCUT2D eigenvalue weighted by atomic mass is 10.0. The van der Waals surface area contributed by atoms with E-state index in [-0.39, 0.29) is 32.2 Å². The minimum atomic E-state index is -1.51. The van der Waals surface area contributed by atoms with Crippen LogP contribution in [0.3, 0.4) is 0 Å². The van der Waals surface area contributed by atoms with Crippen molar-refractivity contribution in [3.05, 3.63) is 36.5 Å². The smallest absolute Gasteiger partial charge is 0.361 e. The number of nitrogens with zero attached hydrogens (tertiary/aromatic N) is 1. The van der Waals surface area contributed by atoms with E-state index in [0.29, 0.717) is 23.9 Å². The average Bonchev–Trinajstić information content (AvgIpc) is 3.37. The second-order valence-electron chi connectivity index (χ2n) is 22.7. The summed E-state index contributed by atoms with van der Waals surface area (Å²) < 4.78 is 22.9. The summed E-state index contributed by atoms with van der Waals surface area (Å²) in [6.07, 6.45) is 66.7. The van der Waals surface area contributed by atoms with Gasteiger partial charge in [0.15, 0.2) is 6.10 Å². The van der Waals surface area contributed by atoms with Crippen molar-refractivity contribution in [3.63, 3.8) is 0 Å². The highest BCUT2D eigenvalue weighted by Gasteiger charge is 2.25. The Balaban J connectivity index is 4.15. The summed E-state index contributed by atoms with van der Waals surface area (Å²) in [7, 11) is 5.97. The molecule has 74 heavy (non-hydrogen) atoms. The van der Waals surface area contributed by atoms with Gasteiger partial charge in [-0.1, -0.05) is 275 Å². The fraction of sp³-hybridized carbons (Fsp3) is 0.862. The molecule has 434 valence electrons. The number of esters is 2. The van der Waals surface area contributed by atoms with Gasteiger partial charge in [-0.2, -0.15) is 0 Å². The van der Waals surface area contributed by atoms with Crippen molar-refractivity contribution in [2.24, 2.45) is 0 Å². The molecule has 0 aliphatic rings. The Kier molecular flexibility index (Phi) is 54.8. The summed E-state index contributed by atoms with van der Waals surface area (Å²) >= 11 is 0. The van der Waals surface area contributed by atoms with Crippen LogP contribution in [0.15, 0.2) is 36.5 Å². The van der Waals surface area contributed by atoms with Gasteiger partial charge in [-0.25, -0.2) is 4.79 Å². The van der Waals surface area contributed by atoms with Crippen molar-refractivity contribution < 1.29 is 42.9 Å². The van der Waals surface area contributed by atoms with E-state index in [4.69, 9.17) is 18.9 Å². The minimum Gasteiger partial charge on any atom is -0.477 e. The van der Waals surface area contributed by atoms with Crippen LogP contribution < -0.4 is 0 Å². The Morgan fingerprint density at radius 3 is 1.08 bits per heavy atom. The molecule has 0 aromatic heterocycles. The van der Waals surface area contributed by atoms with Gasteiger partial charge in [-0.15, -0.1) is 0 Å². The summed E-state index contributed by atoms with van der Waals surface area (Å²) in [6.45, 7) is 4.90. The lowest BCUT2D eigenvalue weighted by Gasteiger charge is -2.25. The molecule has 0 fully saturated rings. The highest BCUT2D eigenvalue weighted by atomic mass is 16.7. The van der Waals surface area contributed by atoms with Crippen LogP contribution in [0.5, 0.6) is 0 Å². The zero-order valence-electron chi connectivity index (χ0n) is 49.5. The predicted molar refractivity (Wildman–Crippen MR) is 314 cm³/mol. The van der Waals surface area contributed by atoms with E-state index >= 15 is 0 Å². The molecular formula is C65H122NO8+. The molecular weight excluding hydrogens is 923 g/mol. The summed E-state index contributed by atoms with van der Waals surface area (Å²) in [4.78, 5) is 37.5. The van der Waals surface area contributed by atoms with Gasteiger partial charge in [0.05, 0.1) is 34.4 Å². The van der Waals surface area contributed by atoms with Gasteiger partial charge in [0.2, 0.25) is 0 Å². The molecule has 0 amide bonds. The Morgan fingerprint density at radius 2 is 0.730 bits per heavy atom. The molecule has 2 atom stereocenters. The van der Waals surface area contributed by atoms with Crippen LogP contribution in [-0.2, 0) is 33.3 Å². The normalized spacial score (nSPS) is 12.9. The maximum Gasteiger partial charge on any atom is 0.361 e. The third kappa shape index (κ3) is 57.2. The first-order chi connectivity index (χ1) is 36.1. The first kappa shape index (κ1) is 71.5. The molecule has 0 radical (unpaired) electrons. The van der Waals surface area contributed by atoms with E-state index in [0.717, 1.165) is 57.8 Å². The molecule has 0 saturated carbocycles. The number of quaternary nitrogens is 1. The molecule has 0 spiro atoms. The Morgan fingerprint density at radius 1 is 0.405 bits per heavy atom. The topological polar surface area (TPSA) is 108 Å². The molecule has 0 bridgehead atoms. The van der Waals surface area contributed by atoms with E-state index in [2.05, 4.69) is 50.3 Å². The first-order valence-electron chi connectivity index (χ1n) is 31.7. The van der Waals surface area contributed by atoms with Gasteiger partial charge < -0.3 is 28.5 Å². The van der Waals surface area contributed by atoms with Crippen molar-refractivity contribution in [2.45, 2.75) is 315 Å². The Labute approximate surface area is 458 Å². The minimum absolute atomic E-state index is 0.184. The van der Waals surface area contributed by atoms with Crippen molar-refractivity contribution in [3.8, 4) is 0 Å². The van der Waals surface area contributed by atoms with Crippen LogP contribution in [0.2, 0.25) is 0 Å². The molecule has 0 aromatic carbocycles. The lowest BCUT2D eigenvalue weighted by Crippen LogP contribution is -2.40. The third-order valence-corrected chi connectivity index (χ3v) is 14.1. The fourth-order valence-corrected chi connectivity index (χ4v) is 9.26. The molecule has 0 aromatic rings. The van der Waals surface area contributed by atoms with E-state index < -0.39 is 24.3 Å². The first-order valence-corrected chi connectivity index (χ1v) is 31.7. The van der Waals surface area contributed by atoms with Gasteiger partial charge in [-0.05, 0) is 51.4 Å². The second kappa shape index (κ2) is 56.7. The van der Waals surface area contributed by atoms with Crippen LogP contribution >= 0.6 is 0 Å². The molecule has 0 heterocycles.